The summed E-state index contributed by atoms with van der Waals surface area (Å²) < 4.78 is 84.3. The fraction of sp³-hybridized carbons (Fsp3) is 0.346. The third-order valence-electron chi connectivity index (χ3n) is 7.34. The van der Waals surface area contributed by atoms with Crippen molar-refractivity contribution in [3.05, 3.63) is 75.8 Å². The molecule has 6 rings (SSSR count). The molecule has 3 aromatic heterocycles. The number of rotatable bonds is 4. The van der Waals surface area contributed by atoms with E-state index in [0.717, 1.165) is 18.3 Å². The van der Waals surface area contributed by atoms with Crippen LogP contribution in [0.3, 0.4) is 0 Å². The number of aliphatic hydroxyl groups excluding tert-OH is 1. The van der Waals surface area contributed by atoms with E-state index in [1.54, 1.807) is 6.07 Å². The maximum Gasteiger partial charge on any atom is 0.435 e. The zero-order valence-electron chi connectivity index (χ0n) is 22.0. The van der Waals surface area contributed by atoms with Crippen LogP contribution in [0.25, 0.3) is 16.8 Å². The van der Waals surface area contributed by atoms with Crippen LogP contribution in [0.2, 0.25) is 10.0 Å². The van der Waals surface area contributed by atoms with Crippen molar-refractivity contribution in [3.8, 4) is 22.9 Å². The molecule has 44 heavy (non-hydrogen) atoms. The van der Waals surface area contributed by atoms with E-state index in [9.17, 15) is 37.4 Å². The average molecular weight is 658 g/mol. The topological polar surface area (TPSA) is 144 Å². The van der Waals surface area contributed by atoms with E-state index in [1.807, 2.05) is 0 Å². The molecule has 2 saturated heterocycles. The summed E-state index contributed by atoms with van der Waals surface area (Å²) in [4.78, 5) is 7.40. The lowest BCUT2D eigenvalue weighted by molar-refractivity contribution is -0.208. The fourth-order valence-electron chi connectivity index (χ4n) is 5.35. The Labute approximate surface area is 254 Å². The van der Waals surface area contributed by atoms with Gasteiger partial charge < -0.3 is 19.7 Å². The standard InChI is InChI=1S/C26H18Cl2F5N7O4/c1-25(42)9-43-20-18(39-8-10(6-36-39)12-2-3-13(28)17(30)16(12)29)19(41)21(44-23(20)25)24-37-15(5-34)38-40(24)14-4-11(27)7-35-22(14)26(31,32)33/h2-4,6-8,18-21,23,41-42H,9H2,1H3/t18?,19?,20-,21-,23?,25?/m1/s1. The summed E-state index contributed by atoms with van der Waals surface area (Å²) in [5.41, 5.74) is -3.90. The molecule has 6 atom stereocenters. The molecule has 230 valence electrons. The van der Waals surface area contributed by atoms with E-state index in [0.29, 0.717) is 4.68 Å². The Hall–Kier alpha value is -3.72. The molecular weight excluding hydrogens is 640 g/mol. The van der Waals surface area contributed by atoms with Gasteiger partial charge in [0, 0.05) is 23.5 Å². The van der Waals surface area contributed by atoms with Crippen molar-refractivity contribution in [1.29, 1.82) is 5.26 Å². The summed E-state index contributed by atoms with van der Waals surface area (Å²) >= 11 is 11.6. The molecule has 1 aromatic carbocycles. The minimum absolute atomic E-state index is 0.0874. The first-order chi connectivity index (χ1) is 20.7. The molecule has 2 aliphatic rings. The van der Waals surface area contributed by atoms with Crippen LogP contribution in [0.5, 0.6) is 0 Å². The zero-order valence-corrected chi connectivity index (χ0v) is 23.6. The third kappa shape index (κ3) is 4.99. The van der Waals surface area contributed by atoms with Crippen LogP contribution >= 0.6 is 23.2 Å². The normalized spacial score (nSPS) is 26.9. The molecule has 2 fully saturated rings. The molecule has 0 amide bonds. The number of hydrogen-bond acceptors (Lipinski definition) is 9. The van der Waals surface area contributed by atoms with Crippen molar-refractivity contribution in [3.63, 3.8) is 0 Å². The second-order valence-electron chi connectivity index (χ2n) is 10.4. The summed E-state index contributed by atoms with van der Waals surface area (Å²) in [6.07, 6.45) is -7.39. The molecule has 4 aromatic rings. The Balaban J connectivity index is 1.48. The van der Waals surface area contributed by atoms with Gasteiger partial charge in [-0.2, -0.15) is 28.5 Å². The highest BCUT2D eigenvalue weighted by Crippen LogP contribution is 2.46. The van der Waals surface area contributed by atoms with Crippen molar-refractivity contribution in [2.75, 3.05) is 6.61 Å². The van der Waals surface area contributed by atoms with Crippen LogP contribution in [0.4, 0.5) is 22.0 Å². The van der Waals surface area contributed by atoms with Crippen molar-refractivity contribution in [1.82, 2.24) is 29.5 Å². The van der Waals surface area contributed by atoms with Crippen molar-refractivity contribution in [2.24, 2.45) is 0 Å². The Morgan fingerprint density at radius 3 is 2.64 bits per heavy atom. The molecule has 0 spiro atoms. The number of nitriles is 1. The van der Waals surface area contributed by atoms with Crippen molar-refractivity contribution >= 4 is 23.2 Å². The number of halogens is 7. The summed E-state index contributed by atoms with van der Waals surface area (Å²) in [6.45, 7) is 1.12. The lowest BCUT2D eigenvalue weighted by atomic mass is 9.87. The van der Waals surface area contributed by atoms with E-state index in [2.05, 4.69) is 20.2 Å². The van der Waals surface area contributed by atoms with Gasteiger partial charge in [0.05, 0.1) is 28.5 Å². The quantitative estimate of drug-likeness (QED) is 0.244. The van der Waals surface area contributed by atoms with Crippen molar-refractivity contribution in [2.45, 2.75) is 49.2 Å². The predicted molar refractivity (Wildman–Crippen MR) is 139 cm³/mol. The van der Waals surface area contributed by atoms with Gasteiger partial charge in [0.15, 0.2) is 23.2 Å². The number of nitrogens with zero attached hydrogens (tertiary/aromatic N) is 7. The second kappa shape index (κ2) is 10.7. The molecule has 11 nitrogen and oxygen atoms in total. The highest BCUT2D eigenvalue weighted by Gasteiger charge is 2.59. The molecule has 5 heterocycles. The largest absolute Gasteiger partial charge is 0.435 e. The van der Waals surface area contributed by atoms with Crippen molar-refractivity contribution < 1.29 is 41.6 Å². The van der Waals surface area contributed by atoms with Crippen LogP contribution < -0.4 is 0 Å². The monoisotopic (exact) mass is 657 g/mol. The second-order valence-corrected chi connectivity index (χ2v) is 11.2. The van der Waals surface area contributed by atoms with Gasteiger partial charge in [0.1, 0.15) is 42.1 Å². The van der Waals surface area contributed by atoms with Gasteiger partial charge in [0.25, 0.3) is 5.82 Å². The van der Waals surface area contributed by atoms with Gasteiger partial charge in [0.2, 0.25) is 0 Å². The molecule has 18 heteroatoms. The first kappa shape index (κ1) is 30.3. The van der Waals surface area contributed by atoms with Gasteiger partial charge >= 0.3 is 6.18 Å². The molecule has 0 aliphatic carbocycles. The Kier molecular flexibility index (Phi) is 7.38. The van der Waals surface area contributed by atoms with Crippen LogP contribution in [0, 0.1) is 23.0 Å². The Bertz CT molecular complexity index is 1810. The molecule has 4 unspecified atom stereocenters. The number of ether oxygens (including phenoxy) is 2. The summed E-state index contributed by atoms with van der Waals surface area (Å²) in [7, 11) is 0. The molecule has 0 bridgehead atoms. The smallest absolute Gasteiger partial charge is 0.388 e. The number of alkyl halides is 3. The molecule has 2 N–H and O–H groups in total. The first-order valence-electron chi connectivity index (χ1n) is 12.7. The maximum atomic E-state index is 14.7. The summed E-state index contributed by atoms with van der Waals surface area (Å²) in [5.74, 6) is -3.54. The van der Waals surface area contributed by atoms with Crippen LogP contribution in [-0.2, 0) is 15.7 Å². The number of hydrogen-bond donors (Lipinski definition) is 2. The number of pyridine rings is 1. The zero-order chi connectivity index (χ0) is 31.7. The fourth-order valence-corrected chi connectivity index (χ4v) is 5.65. The van der Waals surface area contributed by atoms with Gasteiger partial charge in [-0.1, -0.05) is 23.2 Å². The van der Waals surface area contributed by atoms with E-state index in [4.69, 9.17) is 32.7 Å². The first-order valence-corrected chi connectivity index (χ1v) is 13.4. The Morgan fingerprint density at radius 2 is 1.93 bits per heavy atom. The minimum atomic E-state index is -4.99. The van der Waals surface area contributed by atoms with Gasteiger partial charge in [-0.15, -0.1) is 5.10 Å². The SMILES string of the molecule is CC1(O)CO[C@@H]2C(n3cc(-c4ccc(Cl)c(F)c4F)cn3)C(O)[C@H](c3nc(C#N)nn3-c3cc(Cl)cnc3C(F)(F)F)OC21. The number of aliphatic hydroxyl groups is 2. The van der Waals surface area contributed by atoms with Crippen LogP contribution in [-0.4, -0.2) is 70.3 Å². The van der Waals surface area contributed by atoms with Gasteiger partial charge in [-0.05, 0) is 25.1 Å². The lowest BCUT2D eigenvalue weighted by Crippen LogP contribution is -2.55. The number of fused-ring (bicyclic) bond motifs is 1. The summed E-state index contributed by atoms with van der Waals surface area (Å²) in [6, 6.07) is 3.70. The predicted octanol–water partition coefficient (Wildman–Crippen LogP) is 4.19. The Morgan fingerprint density at radius 1 is 1.18 bits per heavy atom. The van der Waals surface area contributed by atoms with Gasteiger partial charge in [-0.25, -0.2) is 18.4 Å². The number of benzene rings is 1. The summed E-state index contributed by atoms with van der Waals surface area (Å²) in [5, 5.41) is 39.7. The van der Waals surface area contributed by atoms with E-state index < -0.39 is 81.9 Å². The van der Waals surface area contributed by atoms with Crippen LogP contribution in [0.15, 0.2) is 36.8 Å². The number of aromatic nitrogens is 6. The molecule has 0 saturated carbocycles. The highest BCUT2D eigenvalue weighted by atomic mass is 35.5. The highest BCUT2D eigenvalue weighted by molar-refractivity contribution is 6.31. The van der Waals surface area contributed by atoms with E-state index >= 15 is 0 Å². The lowest BCUT2D eigenvalue weighted by Gasteiger charge is -2.43. The molecular formula is C26H18Cl2F5N7O4. The maximum absolute atomic E-state index is 14.7. The van der Waals surface area contributed by atoms with E-state index in [-0.39, 0.29) is 22.8 Å². The molecule has 2 aliphatic heterocycles. The van der Waals surface area contributed by atoms with Gasteiger partial charge in [-0.3, -0.25) is 4.68 Å². The molecule has 0 radical (unpaired) electrons. The third-order valence-corrected chi connectivity index (χ3v) is 7.84. The van der Waals surface area contributed by atoms with Crippen LogP contribution in [0.1, 0.15) is 36.4 Å². The average Bonchev–Trinajstić information content (AvgIpc) is 3.68. The van der Waals surface area contributed by atoms with E-state index in [1.165, 1.54) is 30.1 Å². The minimum Gasteiger partial charge on any atom is -0.388 e.